The highest BCUT2D eigenvalue weighted by Gasteiger charge is 2.32. The molecule has 1 unspecified atom stereocenters. The molecule has 26 heavy (non-hydrogen) atoms. The van der Waals surface area contributed by atoms with Crippen molar-refractivity contribution in [1.29, 1.82) is 0 Å². The zero-order chi connectivity index (χ0) is 20.0. The van der Waals surface area contributed by atoms with Crippen LogP contribution in [0.25, 0.3) is 0 Å². The number of benzene rings is 1. The molecule has 3 amide bonds. The number of aliphatic hydroxyl groups excluding tert-OH is 2. The van der Waals surface area contributed by atoms with Crippen molar-refractivity contribution >= 4 is 85.5 Å². The number of aliphatic hydroxyl groups is 2. The van der Waals surface area contributed by atoms with Crippen LogP contribution in [0.1, 0.15) is 32.3 Å². The maximum atomic E-state index is 12.5. The Morgan fingerprint density at radius 1 is 0.923 bits per heavy atom. The Balaban J connectivity index is 3.73. The molecule has 1 aromatic rings. The summed E-state index contributed by atoms with van der Waals surface area (Å²) >= 11 is 5.64. The van der Waals surface area contributed by atoms with Crippen LogP contribution in [-0.4, -0.2) is 54.2 Å². The summed E-state index contributed by atoms with van der Waals surface area (Å²) in [5.41, 5.74) is 11.6. The van der Waals surface area contributed by atoms with Crippen LogP contribution in [0.5, 0.6) is 0 Å². The van der Waals surface area contributed by atoms with Gasteiger partial charge in [0.05, 0.1) is 24.3 Å². The minimum absolute atomic E-state index is 0.0280. The van der Waals surface area contributed by atoms with E-state index < -0.39 is 23.8 Å². The van der Waals surface area contributed by atoms with Crippen LogP contribution in [0.3, 0.4) is 0 Å². The number of amides is 3. The summed E-state index contributed by atoms with van der Waals surface area (Å²) in [6, 6.07) is -1.03. The SMILES string of the molecule is NC(=O)c1c(I)c(C(=O)NCCO)c(I)c(C(NCCO)C(N)=O)c1I. The topological polar surface area (TPSA) is 168 Å². The average Bonchev–Trinajstić information content (AvgIpc) is 2.55. The van der Waals surface area contributed by atoms with Crippen molar-refractivity contribution in [2.75, 3.05) is 26.3 Å². The van der Waals surface area contributed by atoms with E-state index in [1.54, 1.807) is 0 Å². The highest BCUT2D eigenvalue weighted by molar-refractivity contribution is 14.1. The molecule has 0 aliphatic rings. The predicted molar refractivity (Wildman–Crippen MR) is 120 cm³/mol. The van der Waals surface area contributed by atoms with Crippen molar-refractivity contribution in [2.45, 2.75) is 6.04 Å². The molecule has 1 aromatic carbocycles. The molecule has 0 saturated carbocycles. The van der Waals surface area contributed by atoms with E-state index in [0.29, 0.717) is 16.3 Å². The fourth-order valence-electron chi connectivity index (χ4n) is 2.16. The van der Waals surface area contributed by atoms with Crippen LogP contribution in [-0.2, 0) is 4.79 Å². The summed E-state index contributed by atoms with van der Waals surface area (Å²) in [6.07, 6.45) is 0. The average molecular weight is 702 g/mol. The molecule has 0 heterocycles. The van der Waals surface area contributed by atoms with E-state index in [1.165, 1.54) is 0 Å². The highest BCUT2D eigenvalue weighted by atomic mass is 127. The number of nitrogens with two attached hydrogens (primary N) is 2. The van der Waals surface area contributed by atoms with Crippen molar-refractivity contribution < 1.29 is 24.6 Å². The largest absolute Gasteiger partial charge is 0.395 e. The number of nitrogens with one attached hydrogen (secondary N) is 2. The molecule has 144 valence electrons. The van der Waals surface area contributed by atoms with Crippen LogP contribution >= 0.6 is 67.8 Å². The zero-order valence-electron chi connectivity index (χ0n) is 13.3. The van der Waals surface area contributed by atoms with Crippen molar-refractivity contribution in [3.8, 4) is 0 Å². The van der Waals surface area contributed by atoms with Gasteiger partial charge in [0.15, 0.2) is 0 Å². The van der Waals surface area contributed by atoms with Crippen LogP contribution in [0.2, 0.25) is 0 Å². The first-order valence-electron chi connectivity index (χ1n) is 7.21. The Morgan fingerprint density at radius 3 is 1.92 bits per heavy atom. The third-order valence-corrected chi connectivity index (χ3v) is 6.57. The molecule has 1 rings (SSSR count). The Morgan fingerprint density at radius 2 is 1.46 bits per heavy atom. The number of carbonyl (C=O) groups is 3. The summed E-state index contributed by atoms with van der Waals surface area (Å²) < 4.78 is 1.16. The van der Waals surface area contributed by atoms with E-state index in [9.17, 15) is 14.4 Å². The van der Waals surface area contributed by atoms with Gasteiger partial charge < -0.3 is 27.0 Å². The Bertz CT molecular complexity index is 729. The van der Waals surface area contributed by atoms with Gasteiger partial charge in [-0.2, -0.15) is 0 Å². The van der Waals surface area contributed by atoms with Crippen LogP contribution in [0.4, 0.5) is 0 Å². The summed E-state index contributed by atoms with van der Waals surface area (Å²) in [7, 11) is 0. The standard InChI is InChI=1S/C14H17I3N4O5/c15-8-5(11(13(19)25)20-1-3-22)9(16)7(14(26)21-2-4-23)10(17)6(8)12(18)24/h11,20,22-23H,1-4H2,(H2,18,24)(H2,19,25)(H,21,26). The molecule has 8 N–H and O–H groups in total. The lowest BCUT2D eigenvalue weighted by Crippen LogP contribution is -2.38. The molecule has 0 radical (unpaired) electrons. The number of halogens is 3. The summed E-state index contributed by atoms with van der Waals surface area (Å²) in [5.74, 6) is -2.00. The quantitative estimate of drug-likeness (QED) is 0.189. The third-order valence-electron chi connectivity index (χ3n) is 3.26. The van der Waals surface area contributed by atoms with Gasteiger partial charge in [0, 0.05) is 29.4 Å². The molecule has 0 fully saturated rings. The maximum Gasteiger partial charge on any atom is 0.253 e. The van der Waals surface area contributed by atoms with Crippen LogP contribution in [0, 0.1) is 10.7 Å². The number of hydrogen-bond acceptors (Lipinski definition) is 6. The number of hydrogen-bond donors (Lipinski definition) is 6. The summed E-state index contributed by atoms with van der Waals surface area (Å²) in [6.45, 7) is -0.363. The van der Waals surface area contributed by atoms with Gasteiger partial charge in [-0.25, -0.2) is 0 Å². The molecule has 12 heteroatoms. The molecule has 0 saturated heterocycles. The van der Waals surface area contributed by atoms with Gasteiger partial charge >= 0.3 is 0 Å². The molecule has 0 spiro atoms. The van der Waals surface area contributed by atoms with E-state index >= 15 is 0 Å². The summed E-state index contributed by atoms with van der Waals surface area (Å²) in [5, 5.41) is 23.3. The first kappa shape index (κ1) is 23.7. The van der Waals surface area contributed by atoms with Gasteiger partial charge in [-0.3, -0.25) is 19.7 Å². The van der Waals surface area contributed by atoms with Gasteiger partial charge in [-0.1, -0.05) is 0 Å². The Hall–Kier alpha value is -0.300. The number of rotatable bonds is 9. The molecule has 0 bridgehead atoms. The van der Waals surface area contributed by atoms with Crippen LogP contribution in [0.15, 0.2) is 0 Å². The molecular formula is C14H17I3N4O5. The zero-order valence-corrected chi connectivity index (χ0v) is 19.8. The van der Waals surface area contributed by atoms with Crippen molar-refractivity contribution in [2.24, 2.45) is 11.5 Å². The first-order chi connectivity index (χ1) is 12.2. The molecule has 0 aromatic heterocycles. The fraction of sp³-hybridized carbons (Fsp3) is 0.357. The van der Waals surface area contributed by atoms with Gasteiger partial charge in [0.25, 0.3) is 11.8 Å². The van der Waals surface area contributed by atoms with Gasteiger partial charge in [-0.15, -0.1) is 0 Å². The van der Waals surface area contributed by atoms with E-state index in [0.717, 1.165) is 0 Å². The van der Waals surface area contributed by atoms with E-state index in [4.69, 9.17) is 21.7 Å². The van der Waals surface area contributed by atoms with Gasteiger partial charge in [0.2, 0.25) is 5.91 Å². The smallest absolute Gasteiger partial charge is 0.253 e. The van der Waals surface area contributed by atoms with E-state index in [1.807, 2.05) is 67.8 Å². The molecule has 1 atom stereocenters. The predicted octanol–water partition coefficient (Wildman–Crippen LogP) is -0.570. The Kier molecular flexibility index (Phi) is 9.94. The second-order valence-corrected chi connectivity index (χ2v) is 8.20. The second kappa shape index (κ2) is 10.9. The van der Waals surface area contributed by atoms with E-state index in [2.05, 4.69) is 10.6 Å². The second-order valence-electron chi connectivity index (χ2n) is 4.96. The minimum atomic E-state index is -1.03. The molecule has 9 nitrogen and oxygen atoms in total. The maximum absolute atomic E-state index is 12.5. The Labute approximate surface area is 190 Å². The van der Waals surface area contributed by atoms with Gasteiger partial charge in [0.1, 0.15) is 6.04 Å². The van der Waals surface area contributed by atoms with E-state index in [-0.39, 0.29) is 37.4 Å². The lowest BCUT2D eigenvalue weighted by atomic mass is 9.98. The van der Waals surface area contributed by atoms with Gasteiger partial charge in [-0.05, 0) is 67.8 Å². The lowest BCUT2D eigenvalue weighted by Gasteiger charge is -2.23. The molecule has 0 aliphatic heterocycles. The molecular weight excluding hydrogens is 685 g/mol. The number of primary amides is 2. The third kappa shape index (κ3) is 5.37. The van der Waals surface area contributed by atoms with Crippen LogP contribution < -0.4 is 22.1 Å². The van der Waals surface area contributed by atoms with Crippen molar-refractivity contribution in [1.82, 2.24) is 10.6 Å². The number of carbonyl (C=O) groups excluding carboxylic acids is 3. The summed E-state index contributed by atoms with van der Waals surface area (Å²) in [4.78, 5) is 36.4. The highest BCUT2D eigenvalue weighted by Crippen LogP contribution is 2.35. The van der Waals surface area contributed by atoms with Crippen molar-refractivity contribution in [3.63, 3.8) is 0 Å². The fourth-order valence-corrected chi connectivity index (χ4v) is 6.97. The lowest BCUT2D eigenvalue weighted by molar-refractivity contribution is -0.120. The van der Waals surface area contributed by atoms with Crippen molar-refractivity contribution in [3.05, 3.63) is 27.4 Å². The minimum Gasteiger partial charge on any atom is -0.395 e. The monoisotopic (exact) mass is 702 g/mol. The normalized spacial score (nSPS) is 11.9. The first-order valence-corrected chi connectivity index (χ1v) is 10.4. The molecule has 0 aliphatic carbocycles.